The zero-order chi connectivity index (χ0) is 20.8. The molecule has 1 aromatic heterocycles. The Hall–Kier alpha value is -3.53. The van der Waals surface area contributed by atoms with Crippen molar-refractivity contribution >= 4 is 44.8 Å². The van der Waals surface area contributed by atoms with Crippen LogP contribution in [0.15, 0.2) is 53.3 Å². The lowest BCUT2D eigenvalue weighted by molar-refractivity contribution is 0.0962. The highest BCUT2D eigenvalue weighted by Gasteiger charge is 2.13. The molecule has 0 atom stereocenters. The number of hydrogen-bond acceptors (Lipinski definition) is 8. The van der Waals surface area contributed by atoms with Crippen molar-refractivity contribution in [3.8, 4) is 11.5 Å². The molecule has 0 spiro atoms. The highest BCUT2D eigenvalue weighted by molar-refractivity contribution is 9.10. The fraction of sp³-hybridized carbons (Fsp3) is 0.105. The summed E-state index contributed by atoms with van der Waals surface area (Å²) in [5.41, 5.74) is 12.8. The van der Waals surface area contributed by atoms with E-state index in [9.17, 15) is 4.79 Å². The Kier molecular flexibility index (Phi) is 6.35. The van der Waals surface area contributed by atoms with Crippen molar-refractivity contribution in [1.82, 2.24) is 15.4 Å². The SMILES string of the molecule is COc1ccc(Nc2ncnc(NNC(=O)c3ccc(Br)cc3)c2N)c(OC)c1. The summed E-state index contributed by atoms with van der Waals surface area (Å²) in [7, 11) is 3.12. The van der Waals surface area contributed by atoms with E-state index in [2.05, 4.69) is 42.1 Å². The van der Waals surface area contributed by atoms with E-state index in [-0.39, 0.29) is 17.4 Å². The number of anilines is 4. The number of amides is 1. The number of nitrogens with two attached hydrogens (primary N) is 1. The van der Waals surface area contributed by atoms with E-state index in [1.165, 1.54) is 6.33 Å². The molecule has 1 heterocycles. The smallest absolute Gasteiger partial charge is 0.269 e. The summed E-state index contributed by atoms with van der Waals surface area (Å²) in [5, 5.41) is 3.09. The molecule has 0 saturated heterocycles. The van der Waals surface area contributed by atoms with E-state index < -0.39 is 0 Å². The second-order valence-electron chi connectivity index (χ2n) is 5.76. The maximum absolute atomic E-state index is 12.2. The van der Waals surface area contributed by atoms with Gasteiger partial charge in [-0.05, 0) is 36.4 Å². The number of carbonyl (C=O) groups excluding carboxylic acids is 1. The number of nitrogens with zero attached hydrogens (tertiary/aromatic N) is 2. The number of rotatable bonds is 7. The number of hydrogen-bond donors (Lipinski definition) is 4. The van der Waals surface area contributed by atoms with Gasteiger partial charge in [0.15, 0.2) is 11.6 Å². The van der Waals surface area contributed by atoms with Gasteiger partial charge in [0.1, 0.15) is 23.5 Å². The van der Waals surface area contributed by atoms with Crippen molar-refractivity contribution in [2.24, 2.45) is 0 Å². The van der Waals surface area contributed by atoms with Gasteiger partial charge in [-0.3, -0.25) is 15.6 Å². The van der Waals surface area contributed by atoms with E-state index in [0.29, 0.717) is 28.6 Å². The summed E-state index contributed by atoms with van der Waals surface area (Å²) in [6.45, 7) is 0. The molecule has 0 aliphatic carbocycles. The van der Waals surface area contributed by atoms with Crippen LogP contribution in [0.2, 0.25) is 0 Å². The van der Waals surface area contributed by atoms with Gasteiger partial charge in [-0.15, -0.1) is 0 Å². The third-order valence-electron chi connectivity index (χ3n) is 3.95. The van der Waals surface area contributed by atoms with Crippen molar-refractivity contribution in [2.75, 3.05) is 30.7 Å². The first-order chi connectivity index (χ1) is 14.0. The van der Waals surface area contributed by atoms with E-state index in [4.69, 9.17) is 15.2 Å². The van der Waals surface area contributed by atoms with Crippen LogP contribution in [0.25, 0.3) is 0 Å². The van der Waals surface area contributed by atoms with Crippen LogP contribution in [-0.2, 0) is 0 Å². The van der Waals surface area contributed by atoms with Crippen LogP contribution in [0.4, 0.5) is 23.0 Å². The van der Waals surface area contributed by atoms with E-state index in [1.807, 2.05) is 0 Å². The number of methoxy groups -OCH3 is 2. The maximum Gasteiger partial charge on any atom is 0.269 e. The maximum atomic E-state index is 12.2. The quantitative estimate of drug-likeness (QED) is 0.397. The Morgan fingerprint density at radius 3 is 2.45 bits per heavy atom. The van der Waals surface area contributed by atoms with Crippen molar-refractivity contribution in [3.05, 3.63) is 58.8 Å². The molecule has 29 heavy (non-hydrogen) atoms. The van der Waals surface area contributed by atoms with Gasteiger partial charge in [0.05, 0.1) is 19.9 Å². The lowest BCUT2D eigenvalue weighted by Gasteiger charge is -2.15. The Morgan fingerprint density at radius 1 is 1.03 bits per heavy atom. The molecule has 2 aromatic carbocycles. The molecule has 0 bridgehead atoms. The summed E-state index contributed by atoms with van der Waals surface area (Å²) < 4.78 is 11.4. The van der Waals surface area contributed by atoms with Gasteiger partial charge < -0.3 is 20.5 Å². The fourth-order valence-corrected chi connectivity index (χ4v) is 2.68. The average Bonchev–Trinajstić information content (AvgIpc) is 2.74. The fourth-order valence-electron chi connectivity index (χ4n) is 2.41. The number of hydrazine groups is 1. The number of nitrogens with one attached hydrogen (secondary N) is 3. The molecule has 0 aliphatic heterocycles. The molecule has 0 radical (unpaired) electrons. The summed E-state index contributed by atoms with van der Waals surface area (Å²) in [5.74, 6) is 1.48. The minimum Gasteiger partial charge on any atom is -0.497 e. The van der Waals surface area contributed by atoms with Crippen LogP contribution < -0.4 is 31.4 Å². The predicted octanol–water partition coefficient (Wildman–Crippen LogP) is 3.34. The van der Waals surface area contributed by atoms with Crippen LogP contribution >= 0.6 is 15.9 Å². The van der Waals surface area contributed by atoms with Gasteiger partial charge in [-0.1, -0.05) is 15.9 Å². The van der Waals surface area contributed by atoms with Crippen molar-refractivity contribution < 1.29 is 14.3 Å². The molecule has 0 fully saturated rings. The third-order valence-corrected chi connectivity index (χ3v) is 4.48. The number of carbonyl (C=O) groups is 1. The van der Waals surface area contributed by atoms with Gasteiger partial charge in [-0.2, -0.15) is 0 Å². The van der Waals surface area contributed by atoms with Crippen LogP contribution in [0.1, 0.15) is 10.4 Å². The standard InChI is InChI=1S/C19H19BrN6O3/c1-28-13-7-8-14(15(9-13)29-2)24-17-16(21)18(23-10-22-17)25-26-19(27)11-3-5-12(20)6-4-11/h3-10H,21H2,1-2H3,(H,26,27)(H2,22,23,24,25). The number of ether oxygens (including phenoxy) is 2. The monoisotopic (exact) mass is 458 g/mol. The van der Waals surface area contributed by atoms with Crippen LogP contribution in [-0.4, -0.2) is 30.1 Å². The summed E-state index contributed by atoms with van der Waals surface area (Å²) in [6.07, 6.45) is 1.32. The van der Waals surface area contributed by atoms with Gasteiger partial charge in [0.25, 0.3) is 5.91 Å². The summed E-state index contributed by atoms with van der Waals surface area (Å²) in [4.78, 5) is 20.5. The van der Waals surface area contributed by atoms with Crippen LogP contribution in [0, 0.1) is 0 Å². The van der Waals surface area contributed by atoms with Gasteiger partial charge >= 0.3 is 0 Å². The van der Waals surface area contributed by atoms with E-state index >= 15 is 0 Å². The highest BCUT2D eigenvalue weighted by Crippen LogP contribution is 2.33. The lowest BCUT2D eigenvalue weighted by Crippen LogP contribution is -2.30. The molecule has 3 rings (SSSR count). The zero-order valence-electron chi connectivity index (χ0n) is 15.7. The molecule has 0 aliphatic rings. The third kappa shape index (κ3) is 4.85. The molecule has 10 heteroatoms. The first-order valence-corrected chi connectivity index (χ1v) is 9.22. The Morgan fingerprint density at radius 2 is 1.76 bits per heavy atom. The minimum absolute atomic E-state index is 0.224. The Labute approximate surface area is 175 Å². The zero-order valence-corrected chi connectivity index (χ0v) is 17.3. The number of aromatic nitrogens is 2. The Balaban J connectivity index is 1.74. The topological polar surface area (TPSA) is 123 Å². The average molecular weight is 459 g/mol. The van der Waals surface area contributed by atoms with Gasteiger partial charge in [0, 0.05) is 16.1 Å². The molecule has 3 aromatic rings. The van der Waals surface area contributed by atoms with Crippen LogP contribution in [0.5, 0.6) is 11.5 Å². The predicted molar refractivity (Wildman–Crippen MR) is 115 cm³/mol. The van der Waals surface area contributed by atoms with Crippen molar-refractivity contribution in [2.45, 2.75) is 0 Å². The molecule has 1 amide bonds. The van der Waals surface area contributed by atoms with Gasteiger partial charge in [-0.25, -0.2) is 9.97 Å². The van der Waals surface area contributed by atoms with Gasteiger partial charge in [0.2, 0.25) is 0 Å². The number of benzene rings is 2. The molecular formula is C19H19BrN6O3. The first kappa shape index (κ1) is 20.2. The lowest BCUT2D eigenvalue weighted by atomic mass is 10.2. The molecular weight excluding hydrogens is 440 g/mol. The van der Waals surface area contributed by atoms with Crippen molar-refractivity contribution in [3.63, 3.8) is 0 Å². The minimum atomic E-state index is -0.332. The summed E-state index contributed by atoms with van der Waals surface area (Å²) >= 11 is 3.33. The van der Waals surface area contributed by atoms with E-state index in [1.54, 1.807) is 56.7 Å². The van der Waals surface area contributed by atoms with Crippen molar-refractivity contribution in [1.29, 1.82) is 0 Å². The normalized spacial score (nSPS) is 10.2. The summed E-state index contributed by atoms with van der Waals surface area (Å²) in [6, 6.07) is 12.2. The van der Waals surface area contributed by atoms with Crippen LogP contribution in [0.3, 0.4) is 0 Å². The number of nitrogen functional groups attached to an aromatic ring is 1. The second kappa shape index (κ2) is 9.11. The number of halogens is 1. The Bertz CT molecular complexity index is 1010. The first-order valence-electron chi connectivity index (χ1n) is 8.43. The second-order valence-corrected chi connectivity index (χ2v) is 6.68. The largest absolute Gasteiger partial charge is 0.497 e. The van der Waals surface area contributed by atoms with E-state index in [0.717, 1.165) is 4.47 Å². The molecule has 150 valence electrons. The molecule has 5 N–H and O–H groups in total. The highest BCUT2D eigenvalue weighted by atomic mass is 79.9. The molecule has 9 nitrogen and oxygen atoms in total. The molecule has 0 unspecified atom stereocenters. The molecule has 0 saturated carbocycles.